The van der Waals surface area contributed by atoms with Crippen molar-refractivity contribution in [3.8, 4) is 0 Å². The fourth-order valence-electron chi connectivity index (χ4n) is 2.51. The Morgan fingerprint density at radius 3 is 2.46 bits per heavy atom. The molecule has 1 aromatic carbocycles. The van der Waals surface area contributed by atoms with E-state index in [2.05, 4.69) is 18.5 Å². The molecule has 0 aliphatic heterocycles. The average Bonchev–Trinajstić information content (AvgIpc) is 2.59. The monoisotopic (exact) mass is 328 g/mol. The Labute approximate surface area is 145 Å². The molecule has 24 heavy (non-hydrogen) atoms. The summed E-state index contributed by atoms with van der Waals surface area (Å²) in [6.45, 7) is 9.64. The first kappa shape index (κ1) is 19.7. The summed E-state index contributed by atoms with van der Waals surface area (Å²) in [6, 6.07) is 9.49. The molecular formula is C20H28N2O2. The third-order valence-corrected chi connectivity index (χ3v) is 3.89. The lowest BCUT2D eigenvalue weighted by Crippen LogP contribution is -2.40. The Balaban J connectivity index is 2.81. The van der Waals surface area contributed by atoms with Crippen LogP contribution in [0.2, 0.25) is 0 Å². The Morgan fingerprint density at radius 2 is 1.88 bits per heavy atom. The lowest BCUT2D eigenvalue weighted by Gasteiger charge is -2.27. The van der Waals surface area contributed by atoms with E-state index < -0.39 is 0 Å². The highest BCUT2D eigenvalue weighted by molar-refractivity contribution is 5.79. The van der Waals surface area contributed by atoms with Gasteiger partial charge in [-0.1, -0.05) is 49.4 Å². The third kappa shape index (κ3) is 6.41. The van der Waals surface area contributed by atoms with Gasteiger partial charge in [-0.25, -0.2) is 0 Å². The summed E-state index contributed by atoms with van der Waals surface area (Å²) >= 11 is 0. The maximum absolute atomic E-state index is 12.4. The number of nitrogens with one attached hydrogen (secondary N) is 1. The zero-order chi connectivity index (χ0) is 17.9. The van der Waals surface area contributed by atoms with Gasteiger partial charge in [0.1, 0.15) is 0 Å². The quantitative estimate of drug-likeness (QED) is 0.669. The van der Waals surface area contributed by atoms with Gasteiger partial charge in [-0.3, -0.25) is 9.59 Å². The molecule has 0 saturated heterocycles. The molecule has 0 fully saturated rings. The molecule has 0 saturated carbocycles. The summed E-state index contributed by atoms with van der Waals surface area (Å²) < 4.78 is 0. The largest absolute Gasteiger partial charge is 0.347 e. The van der Waals surface area contributed by atoms with E-state index in [1.165, 1.54) is 0 Å². The van der Waals surface area contributed by atoms with Crippen molar-refractivity contribution in [1.29, 1.82) is 0 Å². The van der Waals surface area contributed by atoms with Gasteiger partial charge in [0.05, 0.1) is 6.04 Å². The van der Waals surface area contributed by atoms with Crippen LogP contribution in [0.5, 0.6) is 0 Å². The standard InChI is InChI=1S/C20H28N2O2/c1-5-7-14-19(23)21-18(17-12-9-8-10-13-17)15-22(4)20(24)16(3)11-6-2/h5-6,8-10,12-13,16,18H,1-2,7,11,14-15H2,3-4H3,(H,21,23). The Bertz CT molecular complexity index is 554. The Kier molecular flexibility index (Phi) is 8.55. The highest BCUT2D eigenvalue weighted by atomic mass is 16.2. The number of nitrogens with zero attached hydrogens (tertiary/aromatic N) is 1. The van der Waals surface area contributed by atoms with Crippen molar-refractivity contribution in [2.24, 2.45) is 5.92 Å². The number of carbonyl (C=O) groups is 2. The molecule has 0 aromatic heterocycles. The molecule has 2 unspecified atom stereocenters. The van der Waals surface area contributed by atoms with Gasteiger partial charge >= 0.3 is 0 Å². The second-order valence-corrected chi connectivity index (χ2v) is 6.00. The molecule has 0 heterocycles. The summed E-state index contributed by atoms with van der Waals surface area (Å²) in [5.41, 5.74) is 0.987. The number of hydrogen-bond donors (Lipinski definition) is 1. The lowest BCUT2D eigenvalue weighted by atomic mass is 10.0. The Morgan fingerprint density at radius 1 is 1.21 bits per heavy atom. The normalized spacial score (nSPS) is 12.8. The van der Waals surface area contributed by atoms with Crippen molar-refractivity contribution >= 4 is 11.8 Å². The van der Waals surface area contributed by atoms with E-state index in [9.17, 15) is 9.59 Å². The van der Waals surface area contributed by atoms with Crippen LogP contribution in [0.25, 0.3) is 0 Å². The number of amides is 2. The Hall–Kier alpha value is -2.36. The SMILES string of the molecule is C=CCCC(=O)NC(CN(C)C(=O)C(C)CC=C)c1ccccc1. The van der Waals surface area contributed by atoms with Gasteiger partial charge < -0.3 is 10.2 Å². The van der Waals surface area contributed by atoms with Crippen LogP contribution in [0, 0.1) is 5.92 Å². The van der Waals surface area contributed by atoms with Crippen LogP contribution in [0.3, 0.4) is 0 Å². The zero-order valence-electron chi connectivity index (χ0n) is 14.7. The van der Waals surface area contributed by atoms with E-state index in [1.807, 2.05) is 37.3 Å². The molecule has 4 nitrogen and oxygen atoms in total. The van der Waals surface area contributed by atoms with Gasteiger partial charge in [0.2, 0.25) is 11.8 Å². The molecular weight excluding hydrogens is 300 g/mol. The molecule has 4 heteroatoms. The lowest BCUT2D eigenvalue weighted by molar-refractivity contribution is -0.134. The number of rotatable bonds is 10. The van der Waals surface area contributed by atoms with Gasteiger partial charge in [-0.15, -0.1) is 13.2 Å². The minimum absolute atomic E-state index is 0.0382. The van der Waals surface area contributed by atoms with E-state index in [-0.39, 0.29) is 23.8 Å². The summed E-state index contributed by atoms with van der Waals surface area (Å²) in [6.07, 6.45) is 5.16. The second-order valence-electron chi connectivity index (χ2n) is 6.00. The van der Waals surface area contributed by atoms with Crippen LogP contribution in [0.1, 0.15) is 37.8 Å². The van der Waals surface area contributed by atoms with Crippen molar-refractivity contribution < 1.29 is 9.59 Å². The minimum atomic E-state index is -0.228. The van der Waals surface area contributed by atoms with Crippen LogP contribution >= 0.6 is 0 Å². The first-order chi connectivity index (χ1) is 11.5. The molecule has 0 spiro atoms. The predicted molar refractivity (Wildman–Crippen MR) is 98.4 cm³/mol. The smallest absolute Gasteiger partial charge is 0.225 e. The van der Waals surface area contributed by atoms with Crippen LogP contribution in [-0.2, 0) is 9.59 Å². The van der Waals surface area contributed by atoms with Gasteiger partial charge in [0.15, 0.2) is 0 Å². The fourth-order valence-corrected chi connectivity index (χ4v) is 2.51. The van der Waals surface area contributed by atoms with Crippen molar-refractivity contribution in [3.05, 3.63) is 61.2 Å². The van der Waals surface area contributed by atoms with E-state index in [0.29, 0.717) is 25.8 Å². The number of allylic oxidation sites excluding steroid dienone is 2. The topological polar surface area (TPSA) is 49.4 Å². The fraction of sp³-hybridized carbons (Fsp3) is 0.400. The van der Waals surface area contributed by atoms with Crippen molar-refractivity contribution in [1.82, 2.24) is 10.2 Å². The zero-order valence-corrected chi connectivity index (χ0v) is 14.7. The van der Waals surface area contributed by atoms with Crippen LogP contribution in [-0.4, -0.2) is 30.3 Å². The molecule has 1 aromatic rings. The molecule has 0 radical (unpaired) electrons. The first-order valence-electron chi connectivity index (χ1n) is 8.30. The second kappa shape index (κ2) is 10.4. The molecule has 0 aliphatic rings. The maximum Gasteiger partial charge on any atom is 0.225 e. The highest BCUT2D eigenvalue weighted by Crippen LogP contribution is 2.16. The maximum atomic E-state index is 12.4. The summed E-state index contributed by atoms with van der Waals surface area (Å²) in [5.74, 6) is -0.0969. The molecule has 0 aliphatic carbocycles. The van der Waals surface area contributed by atoms with Crippen LogP contribution in [0.4, 0.5) is 0 Å². The van der Waals surface area contributed by atoms with Crippen molar-refractivity contribution in [3.63, 3.8) is 0 Å². The van der Waals surface area contributed by atoms with E-state index in [4.69, 9.17) is 0 Å². The molecule has 130 valence electrons. The average molecular weight is 328 g/mol. The molecule has 2 amide bonds. The van der Waals surface area contributed by atoms with Crippen molar-refractivity contribution in [2.75, 3.05) is 13.6 Å². The first-order valence-corrected chi connectivity index (χ1v) is 8.30. The number of hydrogen-bond acceptors (Lipinski definition) is 2. The van der Waals surface area contributed by atoms with E-state index in [0.717, 1.165) is 5.56 Å². The molecule has 1 N–H and O–H groups in total. The summed E-state index contributed by atoms with van der Waals surface area (Å²) in [5, 5.41) is 3.02. The molecule has 2 atom stereocenters. The third-order valence-electron chi connectivity index (χ3n) is 3.89. The van der Waals surface area contributed by atoms with E-state index >= 15 is 0 Å². The van der Waals surface area contributed by atoms with Gasteiger partial charge in [0, 0.05) is 25.9 Å². The number of carbonyl (C=O) groups excluding carboxylic acids is 2. The molecule has 0 bridgehead atoms. The number of benzene rings is 1. The predicted octanol–water partition coefficient (Wildman–Crippen LogP) is 3.48. The number of likely N-dealkylation sites (N-methyl/N-ethyl adjacent to an activating group) is 1. The minimum Gasteiger partial charge on any atom is -0.347 e. The highest BCUT2D eigenvalue weighted by Gasteiger charge is 2.22. The van der Waals surface area contributed by atoms with Crippen molar-refractivity contribution in [2.45, 2.75) is 32.2 Å². The van der Waals surface area contributed by atoms with Crippen LogP contribution < -0.4 is 5.32 Å². The van der Waals surface area contributed by atoms with Gasteiger partial charge in [-0.2, -0.15) is 0 Å². The van der Waals surface area contributed by atoms with E-state index in [1.54, 1.807) is 24.1 Å². The van der Waals surface area contributed by atoms with Crippen LogP contribution in [0.15, 0.2) is 55.6 Å². The molecule has 1 rings (SSSR count). The summed E-state index contributed by atoms with van der Waals surface area (Å²) in [4.78, 5) is 26.2. The summed E-state index contributed by atoms with van der Waals surface area (Å²) in [7, 11) is 1.77. The van der Waals surface area contributed by atoms with Gasteiger partial charge in [0.25, 0.3) is 0 Å². The van der Waals surface area contributed by atoms with Gasteiger partial charge in [-0.05, 0) is 18.4 Å².